The Hall–Kier alpha value is -0.170. The summed E-state index contributed by atoms with van der Waals surface area (Å²) < 4.78 is 28.8. The van der Waals surface area contributed by atoms with Gasteiger partial charge in [-0.25, -0.2) is 0 Å². The maximum absolute atomic E-state index is 12.8. The molecule has 0 amide bonds. The molecule has 1 atom stereocenters. The lowest BCUT2D eigenvalue weighted by atomic mass is 9.96. The number of rotatable bonds is 6. The molecule has 0 aromatic heterocycles. The molecule has 1 saturated heterocycles. The van der Waals surface area contributed by atoms with Crippen LogP contribution >= 0.6 is 0 Å². The van der Waals surface area contributed by atoms with E-state index in [-0.39, 0.29) is 6.04 Å². The molecule has 6 heteroatoms. The number of hydrogen-bond donors (Lipinski definition) is 1. The van der Waals surface area contributed by atoms with Gasteiger partial charge in [0, 0.05) is 32.2 Å². The van der Waals surface area contributed by atoms with Crippen LogP contribution in [0.15, 0.2) is 0 Å². The van der Waals surface area contributed by atoms with Crippen molar-refractivity contribution in [3.63, 3.8) is 0 Å². The van der Waals surface area contributed by atoms with E-state index in [2.05, 4.69) is 5.32 Å². The number of nitrogens with one attached hydrogen (secondary N) is 1. The highest BCUT2D eigenvalue weighted by Crippen LogP contribution is 2.25. The van der Waals surface area contributed by atoms with Crippen molar-refractivity contribution in [3.8, 4) is 0 Å². The zero-order chi connectivity index (χ0) is 14.6. The van der Waals surface area contributed by atoms with E-state index in [0.29, 0.717) is 19.1 Å². The molecular weight excluding hydrogens is 274 g/mol. The van der Waals surface area contributed by atoms with Crippen molar-refractivity contribution in [1.29, 1.82) is 0 Å². The fraction of sp³-hybridized carbons (Fsp3) is 1.00. The Kier molecular flexibility index (Phi) is 5.84. The third kappa shape index (κ3) is 3.72. The van der Waals surface area contributed by atoms with Gasteiger partial charge in [0.25, 0.3) is 10.2 Å². The van der Waals surface area contributed by atoms with Crippen LogP contribution in [0.25, 0.3) is 0 Å². The summed E-state index contributed by atoms with van der Waals surface area (Å²) in [5, 5.41) is 3.39. The van der Waals surface area contributed by atoms with E-state index in [4.69, 9.17) is 0 Å². The van der Waals surface area contributed by atoms with E-state index in [1.54, 1.807) is 15.7 Å². The highest BCUT2D eigenvalue weighted by Gasteiger charge is 2.33. The van der Waals surface area contributed by atoms with Crippen molar-refractivity contribution in [2.24, 2.45) is 0 Å². The minimum Gasteiger partial charge on any atom is -0.313 e. The van der Waals surface area contributed by atoms with Crippen molar-refractivity contribution in [2.45, 2.75) is 64.0 Å². The first-order valence-corrected chi connectivity index (χ1v) is 9.42. The van der Waals surface area contributed by atoms with Crippen molar-refractivity contribution in [1.82, 2.24) is 13.9 Å². The van der Waals surface area contributed by atoms with E-state index in [1.165, 1.54) is 6.42 Å². The summed E-state index contributed by atoms with van der Waals surface area (Å²) in [6.45, 7) is 4.11. The van der Waals surface area contributed by atoms with Crippen molar-refractivity contribution >= 4 is 10.2 Å². The zero-order valence-corrected chi connectivity index (χ0v) is 13.7. The second-order valence-electron chi connectivity index (χ2n) is 6.06. The Balaban J connectivity index is 2.01. The van der Waals surface area contributed by atoms with Crippen LogP contribution < -0.4 is 5.32 Å². The molecule has 2 rings (SSSR count). The molecule has 20 heavy (non-hydrogen) atoms. The molecule has 1 saturated carbocycles. The summed E-state index contributed by atoms with van der Waals surface area (Å²) >= 11 is 0. The largest absolute Gasteiger partial charge is 0.313 e. The average Bonchev–Trinajstić information content (AvgIpc) is 2.97. The second kappa shape index (κ2) is 7.20. The van der Waals surface area contributed by atoms with Crippen LogP contribution in [0.3, 0.4) is 0 Å². The smallest absolute Gasteiger partial charge is 0.282 e. The monoisotopic (exact) mass is 303 g/mol. The van der Waals surface area contributed by atoms with E-state index in [0.717, 1.165) is 45.1 Å². The molecule has 2 fully saturated rings. The molecule has 1 aliphatic carbocycles. The fourth-order valence-corrected chi connectivity index (χ4v) is 5.01. The van der Waals surface area contributed by atoms with Crippen LogP contribution in [0.2, 0.25) is 0 Å². The highest BCUT2D eigenvalue weighted by molar-refractivity contribution is 7.86. The van der Waals surface area contributed by atoms with Gasteiger partial charge < -0.3 is 5.32 Å². The van der Waals surface area contributed by atoms with Crippen LogP contribution in [-0.2, 0) is 10.2 Å². The van der Waals surface area contributed by atoms with Crippen LogP contribution in [0, 0.1) is 0 Å². The molecule has 0 bridgehead atoms. The lowest BCUT2D eigenvalue weighted by molar-refractivity contribution is 0.260. The molecule has 1 N–H and O–H groups in total. The van der Waals surface area contributed by atoms with Crippen LogP contribution in [0.4, 0.5) is 0 Å². The van der Waals surface area contributed by atoms with Gasteiger partial charge in [0.05, 0.1) is 0 Å². The van der Waals surface area contributed by atoms with Crippen molar-refractivity contribution < 1.29 is 8.42 Å². The standard InChI is InChI=1S/C14H29N3O2S/c1-3-17(12-13-8-7-11-15-13)20(18,19)16(2)14-9-5-4-6-10-14/h13-15H,3-12H2,1-2H3. The lowest BCUT2D eigenvalue weighted by Crippen LogP contribution is -2.50. The van der Waals surface area contributed by atoms with Gasteiger partial charge in [-0.05, 0) is 32.2 Å². The molecule has 1 unspecified atom stereocenters. The summed E-state index contributed by atoms with van der Waals surface area (Å²) in [5.41, 5.74) is 0. The topological polar surface area (TPSA) is 52.7 Å². The van der Waals surface area contributed by atoms with E-state index < -0.39 is 10.2 Å². The fourth-order valence-electron chi connectivity index (χ4n) is 3.36. The summed E-state index contributed by atoms with van der Waals surface area (Å²) in [5.74, 6) is 0. The van der Waals surface area contributed by atoms with Crippen molar-refractivity contribution in [3.05, 3.63) is 0 Å². The predicted molar refractivity (Wildman–Crippen MR) is 81.8 cm³/mol. The lowest BCUT2D eigenvalue weighted by Gasteiger charge is -2.35. The molecule has 1 heterocycles. The van der Waals surface area contributed by atoms with Crippen LogP contribution in [-0.4, -0.2) is 55.8 Å². The Labute approximate surface area is 123 Å². The SMILES string of the molecule is CCN(CC1CCCN1)S(=O)(=O)N(C)C1CCCCC1. The molecule has 0 aromatic rings. The molecular formula is C14H29N3O2S. The van der Waals surface area contributed by atoms with Gasteiger partial charge in [-0.15, -0.1) is 0 Å². The van der Waals surface area contributed by atoms with E-state index in [9.17, 15) is 8.42 Å². The zero-order valence-electron chi connectivity index (χ0n) is 12.8. The Morgan fingerprint density at radius 2 is 1.80 bits per heavy atom. The first-order valence-electron chi connectivity index (χ1n) is 8.02. The molecule has 0 spiro atoms. The van der Waals surface area contributed by atoms with Crippen molar-refractivity contribution in [2.75, 3.05) is 26.7 Å². The molecule has 0 aromatic carbocycles. The predicted octanol–water partition coefficient (Wildman–Crippen LogP) is 1.57. The summed E-state index contributed by atoms with van der Waals surface area (Å²) in [6, 6.07) is 0.517. The summed E-state index contributed by atoms with van der Waals surface area (Å²) in [6.07, 6.45) is 7.80. The number of hydrogen-bond acceptors (Lipinski definition) is 3. The summed E-state index contributed by atoms with van der Waals surface area (Å²) in [4.78, 5) is 0. The maximum atomic E-state index is 12.8. The Morgan fingerprint density at radius 3 is 2.35 bits per heavy atom. The first kappa shape index (κ1) is 16.2. The quantitative estimate of drug-likeness (QED) is 0.810. The van der Waals surface area contributed by atoms with Gasteiger partial charge >= 0.3 is 0 Å². The summed E-state index contributed by atoms with van der Waals surface area (Å²) in [7, 11) is -1.55. The molecule has 1 aliphatic heterocycles. The molecule has 0 radical (unpaired) electrons. The normalized spacial score (nSPS) is 25.7. The van der Waals surface area contributed by atoms with E-state index >= 15 is 0 Å². The molecule has 5 nitrogen and oxygen atoms in total. The third-order valence-electron chi connectivity index (χ3n) is 4.72. The van der Waals surface area contributed by atoms with Crippen LogP contribution in [0.5, 0.6) is 0 Å². The molecule has 2 aliphatic rings. The Bertz CT molecular complexity index is 387. The first-order chi connectivity index (χ1) is 9.55. The van der Waals surface area contributed by atoms with Gasteiger partial charge in [-0.1, -0.05) is 26.2 Å². The number of likely N-dealkylation sites (N-methyl/N-ethyl adjacent to an activating group) is 1. The molecule has 118 valence electrons. The number of nitrogens with zero attached hydrogens (tertiary/aromatic N) is 2. The average molecular weight is 303 g/mol. The van der Waals surface area contributed by atoms with Gasteiger partial charge in [0.15, 0.2) is 0 Å². The van der Waals surface area contributed by atoms with Gasteiger partial charge in [-0.2, -0.15) is 17.0 Å². The van der Waals surface area contributed by atoms with Crippen LogP contribution in [0.1, 0.15) is 51.9 Å². The van der Waals surface area contributed by atoms with Gasteiger partial charge in [0.2, 0.25) is 0 Å². The Morgan fingerprint density at radius 1 is 1.10 bits per heavy atom. The van der Waals surface area contributed by atoms with Gasteiger partial charge in [-0.3, -0.25) is 0 Å². The van der Waals surface area contributed by atoms with E-state index in [1.807, 2.05) is 6.92 Å². The third-order valence-corrected chi connectivity index (χ3v) is 6.80. The second-order valence-corrected chi connectivity index (χ2v) is 8.05. The minimum absolute atomic E-state index is 0.194. The van der Waals surface area contributed by atoms with Gasteiger partial charge in [0.1, 0.15) is 0 Å². The maximum Gasteiger partial charge on any atom is 0.282 e. The highest BCUT2D eigenvalue weighted by atomic mass is 32.2. The minimum atomic E-state index is -3.31.